The average Bonchev–Trinajstić information content (AvgIpc) is 2.36. The van der Waals surface area contributed by atoms with Crippen LogP contribution in [0.15, 0.2) is 29.1 Å². The zero-order valence-electron chi connectivity index (χ0n) is 9.61. The van der Waals surface area contributed by atoms with Crippen LogP contribution in [0, 0.1) is 3.57 Å². The van der Waals surface area contributed by atoms with Crippen LogP contribution in [-0.2, 0) is 6.42 Å². The predicted octanol–water partition coefficient (Wildman–Crippen LogP) is 1.68. The van der Waals surface area contributed by atoms with Crippen molar-refractivity contribution in [3.63, 3.8) is 0 Å². The largest absolute Gasteiger partial charge is 0.496 e. The Morgan fingerprint density at radius 2 is 2.17 bits per heavy atom. The maximum atomic E-state index is 11.5. The van der Waals surface area contributed by atoms with E-state index in [1.807, 2.05) is 24.3 Å². The summed E-state index contributed by atoms with van der Waals surface area (Å²) in [5.74, 6) is 0.879. The van der Waals surface area contributed by atoms with Crippen molar-refractivity contribution in [2.24, 2.45) is 0 Å². The highest BCUT2D eigenvalue weighted by Crippen LogP contribution is 2.20. The van der Waals surface area contributed by atoms with Crippen molar-refractivity contribution in [3.05, 3.63) is 49.6 Å². The lowest BCUT2D eigenvalue weighted by atomic mass is 10.1. The van der Waals surface area contributed by atoms with Gasteiger partial charge < -0.3 is 14.8 Å². The summed E-state index contributed by atoms with van der Waals surface area (Å²) >= 11 is 1.75. The molecule has 0 aliphatic carbocycles. The third-order valence-electron chi connectivity index (χ3n) is 2.44. The lowest BCUT2D eigenvalue weighted by Gasteiger charge is -2.07. The lowest BCUT2D eigenvalue weighted by Crippen LogP contribution is -2.14. The van der Waals surface area contributed by atoms with Gasteiger partial charge in [0.1, 0.15) is 15.1 Å². The third kappa shape index (κ3) is 2.63. The summed E-state index contributed by atoms with van der Waals surface area (Å²) in [7, 11) is 1.58. The molecule has 0 saturated heterocycles. The van der Waals surface area contributed by atoms with Crippen molar-refractivity contribution < 1.29 is 9.84 Å². The highest BCUT2D eigenvalue weighted by atomic mass is 127. The van der Waals surface area contributed by atoms with Gasteiger partial charge in [0.25, 0.3) is 5.56 Å². The van der Waals surface area contributed by atoms with Crippen molar-refractivity contribution in [1.82, 2.24) is 9.97 Å². The first kappa shape index (κ1) is 12.9. The van der Waals surface area contributed by atoms with E-state index in [1.165, 1.54) is 0 Å². The van der Waals surface area contributed by atoms with Crippen LogP contribution in [0.25, 0.3) is 0 Å². The molecule has 2 rings (SSSR count). The molecule has 0 fully saturated rings. The summed E-state index contributed by atoms with van der Waals surface area (Å²) in [4.78, 5) is 18.1. The van der Waals surface area contributed by atoms with Gasteiger partial charge in [-0.1, -0.05) is 18.2 Å². The third-order valence-corrected chi connectivity index (χ3v) is 3.42. The molecular weight excluding hydrogens is 347 g/mol. The fourth-order valence-electron chi connectivity index (χ4n) is 1.61. The Morgan fingerprint density at radius 1 is 1.44 bits per heavy atom. The second-order valence-electron chi connectivity index (χ2n) is 3.64. The number of aromatic nitrogens is 2. The zero-order chi connectivity index (χ0) is 13.1. The normalized spacial score (nSPS) is 10.3. The van der Waals surface area contributed by atoms with Gasteiger partial charge in [-0.15, -0.1) is 0 Å². The SMILES string of the molecule is COc1ccccc1Cc1nc(O)c(I)c(=O)[nH]1. The van der Waals surface area contributed by atoms with Crippen LogP contribution in [0.2, 0.25) is 0 Å². The summed E-state index contributed by atoms with van der Waals surface area (Å²) in [6.45, 7) is 0. The average molecular weight is 358 g/mol. The monoisotopic (exact) mass is 358 g/mol. The van der Waals surface area contributed by atoms with Crippen molar-refractivity contribution in [2.75, 3.05) is 7.11 Å². The van der Waals surface area contributed by atoms with Gasteiger partial charge in [0.15, 0.2) is 0 Å². The van der Waals surface area contributed by atoms with Gasteiger partial charge in [0.05, 0.1) is 7.11 Å². The maximum absolute atomic E-state index is 11.5. The van der Waals surface area contributed by atoms with Crippen LogP contribution in [0.3, 0.4) is 0 Å². The molecule has 0 spiro atoms. The van der Waals surface area contributed by atoms with E-state index in [0.29, 0.717) is 12.2 Å². The summed E-state index contributed by atoms with van der Waals surface area (Å²) < 4.78 is 5.41. The van der Waals surface area contributed by atoms with Crippen molar-refractivity contribution >= 4 is 22.6 Å². The van der Waals surface area contributed by atoms with E-state index < -0.39 is 0 Å². The topological polar surface area (TPSA) is 75.2 Å². The van der Waals surface area contributed by atoms with Crippen LogP contribution in [0.5, 0.6) is 11.6 Å². The summed E-state index contributed by atoms with van der Waals surface area (Å²) in [6.07, 6.45) is 0.393. The number of H-pyrrole nitrogens is 1. The number of hydrogen-bond acceptors (Lipinski definition) is 4. The van der Waals surface area contributed by atoms with E-state index in [0.717, 1.165) is 11.3 Å². The van der Waals surface area contributed by atoms with E-state index >= 15 is 0 Å². The first-order valence-electron chi connectivity index (χ1n) is 5.21. The fourth-order valence-corrected chi connectivity index (χ4v) is 1.86. The van der Waals surface area contributed by atoms with Gasteiger partial charge in [-0.05, 0) is 28.7 Å². The number of halogens is 1. The molecule has 1 aromatic carbocycles. The number of aromatic hydroxyl groups is 1. The molecule has 1 heterocycles. The van der Waals surface area contributed by atoms with Crippen molar-refractivity contribution in [2.45, 2.75) is 6.42 Å². The Bertz CT molecular complexity index is 625. The van der Waals surface area contributed by atoms with Gasteiger partial charge in [0, 0.05) is 12.0 Å². The van der Waals surface area contributed by atoms with Crippen molar-refractivity contribution in [1.29, 1.82) is 0 Å². The van der Waals surface area contributed by atoms with Crippen LogP contribution in [0.1, 0.15) is 11.4 Å². The summed E-state index contributed by atoms with van der Waals surface area (Å²) in [5, 5.41) is 9.52. The Kier molecular flexibility index (Phi) is 3.85. The van der Waals surface area contributed by atoms with E-state index in [9.17, 15) is 9.90 Å². The standard InChI is InChI=1S/C12H11IN2O3/c1-18-8-5-3-2-4-7(8)6-9-14-11(16)10(13)12(17)15-9/h2-5H,6H2,1H3,(H2,14,15,16,17). The summed E-state index contributed by atoms with van der Waals surface area (Å²) in [6, 6.07) is 7.46. The minimum absolute atomic E-state index is 0.191. The number of ether oxygens (including phenoxy) is 1. The van der Waals surface area contributed by atoms with Crippen LogP contribution < -0.4 is 10.3 Å². The number of aromatic amines is 1. The Balaban J connectivity index is 2.37. The van der Waals surface area contributed by atoms with Crippen LogP contribution in [0.4, 0.5) is 0 Å². The molecule has 94 valence electrons. The van der Waals surface area contributed by atoms with E-state index in [4.69, 9.17) is 4.74 Å². The second kappa shape index (κ2) is 5.38. The van der Waals surface area contributed by atoms with Gasteiger partial charge in [-0.2, -0.15) is 4.98 Å². The number of para-hydroxylation sites is 1. The number of benzene rings is 1. The number of rotatable bonds is 3. The minimum atomic E-state index is -0.340. The fraction of sp³-hybridized carbons (Fsp3) is 0.167. The Labute approximate surface area is 117 Å². The molecule has 1 aromatic heterocycles. The van der Waals surface area contributed by atoms with Gasteiger partial charge in [-0.25, -0.2) is 0 Å². The highest BCUT2D eigenvalue weighted by Gasteiger charge is 2.09. The van der Waals surface area contributed by atoms with Gasteiger partial charge in [0.2, 0.25) is 5.88 Å². The van der Waals surface area contributed by atoms with Gasteiger partial charge in [-0.3, -0.25) is 4.79 Å². The zero-order valence-corrected chi connectivity index (χ0v) is 11.8. The Hall–Kier alpha value is -1.57. The van der Waals surface area contributed by atoms with E-state index in [2.05, 4.69) is 9.97 Å². The minimum Gasteiger partial charge on any atom is -0.496 e. The molecular formula is C12H11IN2O3. The number of nitrogens with one attached hydrogen (secondary N) is 1. The Morgan fingerprint density at radius 3 is 2.83 bits per heavy atom. The van der Waals surface area contributed by atoms with E-state index in [-0.39, 0.29) is 15.0 Å². The molecule has 18 heavy (non-hydrogen) atoms. The number of nitrogens with zero attached hydrogens (tertiary/aromatic N) is 1. The van der Waals surface area contributed by atoms with Crippen LogP contribution in [-0.4, -0.2) is 22.2 Å². The highest BCUT2D eigenvalue weighted by molar-refractivity contribution is 14.1. The molecule has 0 unspecified atom stereocenters. The molecule has 0 radical (unpaired) electrons. The predicted molar refractivity (Wildman–Crippen MR) is 75.0 cm³/mol. The number of methoxy groups -OCH3 is 1. The lowest BCUT2D eigenvalue weighted by molar-refractivity contribution is 0.409. The van der Waals surface area contributed by atoms with Crippen molar-refractivity contribution in [3.8, 4) is 11.6 Å². The first-order valence-corrected chi connectivity index (χ1v) is 6.29. The number of hydrogen-bond donors (Lipinski definition) is 2. The van der Waals surface area contributed by atoms with Crippen LogP contribution >= 0.6 is 22.6 Å². The second-order valence-corrected chi connectivity index (χ2v) is 4.72. The molecule has 0 saturated carbocycles. The maximum Gasteiger partial charge on any atom is 0.268 e. The first-order chi connectivity index (χ1) is 8.61. The van der Waals surface area contributed by atoms with Gasteiger partial charge >= 0.3 is 0 Å². The molecule has 2 aromatic rings. The molecule has 0 aliphatic rings. The molecule has 6 heteroatoms. The molecule has 0 atom stereocenters. The quantitative estimate of drug-likeness (QED) is 0.819. The molecule has 0 bridgehead atoms. The molecule has 0 aliphatic heterocycles. The molecule has 2 N–H and O–H groups in total. The van der Waals surface area contributed by atoms with E-state index in [1.54, 1.807) is 29.7 Å². The molecule has 5 nitrogen and oxygen atoms in total. The smallest absolute Gasteiger partial charge is 0.268 e. The molecule has 0 amide bonds. The summed E-state index contributed by atoms with van der Waals surface area (Å²) in [5.41, 5.74) is 0.553.